The molecule has 0 aliphatic heterocycles. The normalized spacial score (nSPS) is 11.5. The summed E-state index contributed by atoms with van der Waals surface area (Å²) >= 11 is 0. The lowest BCUT2D eigenvalue weighted by molar-refractivity contribution is 0.215. The number of aliphatic hydroxyl groups excluding tert-OH is 1. The highest BCUT2D eigenvalue weighted by Gasteiger charge is 2.26. The Kier molecular flexibility index (Phi) is 3.93. The summed E-state index contributed by atoms with van der Waals surface area (Å²) in [6, 6.07) is 2.06. The SMILES string of the molecule is COc1cc(F)c(N(C)C(C)(C)CO)cc1F. The predicted molar refractivity (Wildman–Crippen MR) is 62.5 cm³/mol. The van der Waals surface area contributed by atoms with Gasteiger partial charge >= 0.3 is 0 Å². The molecule has 1 aromatic carbocycles. The number of anilines is 1. The van der Waals surface area contributed by atoms with Crippen molar-refractivity contribution in [2.75, 3.05) is 25.7 Å². The molecule has 0 aromatic heterocycles. The molecule has 1 aromatic rings. The van der Waals surface area contributed by atoms with Crippen molar-refractivity contribution in [1.29, 1.82) is 0 Å². The average molecular weight is 245 g/mol. The third-order valence-electron chi connectivity index (χ3n) is 2.88. The van der Waals surface area contributed by atoms with E-state index in [0.29, 0.717) is 0 Å². The van der Waals surface area contributed by atoms with Crippen molar-refractivity contribution >= 4 is 5.69 Å². The van der Waals surface area contributed by atoms with Crippen LogP contribution in [0.3, 0.4) is 0 Å². The minimum Gasteiger partial charge on any atom is -0.494 e. The van der Waals surface area contributed by atoms with Gasteiger partial charge in [0, 0.05) is 19.2 Å². The Labute approximate surface area is 99.6 Å². The van der Waals surface area contributed by atoms with Gasteiger partial charge in [0.15, 0.2) is 11.6 Å². The Morgan fingerprint density at radius 1 is 1.29 bits per heavy atom. The topological polar surface area (TPSA) is 32.7 Å². The standard InChI is InChI=1S/C12H17F2NO2/c1-12(2,7-16)15(3)10-5-9(14)11(17-4)6-8(10)13/h5-6,16H,7H2,1-4H3. The second-order valence-electron chi connectivity index (χ2n) is 4.47. The molecule has 0 aliphatic rings. The highest BCUT2D eigenvalue weighted by molar-refractivity contribution is 5.52. The monoisotopic (exact) mass is 245 g/mol. The van der Waals surface area contributed by atoms with Crippen LogP contribution in [0.4, 0.5) is 14.5 Å². The first-order valence-corrected chi connectivity index (χ1v) is 5.21. The summed E-state index contributed by atoms with van der Waals surface area (Å²) in [5, 5.41) is 9.20. The molecule has 0 spiro atoms. The number of likely N-dealkylation sites (N-methyl/N-ethyl adjacent to an activating group) is 1. The van der Waals surface area contributed by atoms with Gasteiger partial charge in [-0.05, 0) is 13.8 Å². The fourth-order valence-corrected chi connectivity index (χ4v) is 1.36. The second kappa shape index (κ2) is 4.87. The highest BCUT2D eigenvalue weighted by Crippen LogP contribution is 2.30. The number of hydrogen-bond donors (Lipinski definition) is 1. The average Bonchev–Trinajstić information content (AvgIpc) is 2.30. The molecule has 0 heterocycles. The largest absolute Gasteiger partial charge is 0.494 e. The predicted octanol–water partition coefficient (Wildman–Crippen LogP) is 2.18. The summed E-state index contributed by atoms with van der Waals surface area (Å²) in [6.07, 6.45) is 0. The number of benzene rings is 1. The first kappa shape index (κ1) is 13.7. The fourth-order valence-electron chi connectivity index (χ4n) is 1.36. The van der Waals surface area contributed by atoms with Crippen molar-refractivity contribution in [3.05, 3.63) is 23.8 Å². The number of halogens is 2. The zero-order valence-electron chi connectivity index (χ0n) is 10.4. The summed E-state index contributed by atoms with van der Waals surface area (Å²) in [7, 11) is 2.87. The maximum Gasteiger partial charge on any atom is 0.167 e. The Hall–Kier alpha value is -1.36. The number of methoxy groups -OCH3 is 1. The summed E-state index contributed by atoms with van der Waals surface area (Å²) in [6.45, 7) is 3.29. The molecule has 1 rings (SSSR count). The number of aliphatic hydroxyl groups is 1. The first-order chi connectivity index (χ1) is 7.83. The number of ether oxygens (including phenoxy) is 1. The van der Waals surface area contributed by atoms with E-state index in [1.807, 2.05) is 0 Å². The molecule has 0 saturated carbocycles. The molecule has 17 heavy (non-hydrogen) atoms. The molecule has 0 amide bonds. The van der Waals surface area contributed by atoms with Gasteiger partial charge in [0.05, 0.1) is 24.9 Å². The smallest absolute Gasteiger partial charge is 0.167 e. The lowest BCUT2D eigenvalue weighted by atomic mass is 10.0. The van der Waals surface area contributed by atoms with Crippen molar-refractivity contribution in [2.24, 2.45) is 0 Å². The zero-order chi connectivity index (χ0) is 13.2. The van der Waals surface area contributed by atoms with Gasteiger partial charge in [0.25, 0.3) is 0 Å². The summed E-state index contributed by atoms with van der Waals surface area (Å²) in [4.78, 5) is 1.49. The van der Waals surface area contributed by atoms with Crippen molar-refractivity contribution in [3.63, 3.8) is 0 Å². The Bertz CT molecular complexity index is 408. The van der Waals surface area contributed by atoms with E-state index in [0.717, 1.165) is 12.1 Å². The molecule has 0 atom stereocenters. The quantitative estimate of drug-likeness (QED) is 0.882. The third kappa shape index (κ3) is 2.66. The van der Waals surface area contributed by atoms with Crippen LogP contribution in [0.1, 0.15) is 13.8 Å². The Balaban J connectivity index is 3.19. The van der Waals surface area contributed by atoms with Gasteiger partial charge in [-0.25, -0.2) is 8.78 Å². The van der Waals surface area contributed by atoms with Gasteiger partial charge < -0.3 is 14.7 Å². The lowest BCUT2D eigenvalue weighted by Gasteiger charge is -2.36. The van der Waals surface area contributed by atoms with Crippen LogP contribution >= 0.6 is 0 Å². The minimum atomic E-state index is -0.679. The maximum atomic E-state index is 13.8. The van der Waals surface area contributed by atoms with Gasteiger partial charge in [-0.2, -0.15) is 0 Å². The molecule has 0 radical (unpaired) electrons. The second-order valence-corrected chi connectivity index (χ2v) is 4.47. The van der Waals surface area contributed by atoms with Gasteiger partial charge in [-0.3, -0.25) is 0 Å². The van der Waals surface area contributed by atoms with Crippen LogP contribution in [-0.4, -0.2) is 31.4 Å². The van der Waals surface area contributed by atoms with E-state index in [9.17, 15) is 13.9 Å². The fraction of sp³-hybridized carbons (Fsp3) is 0.500. The van der Waals surface area contributed by atoms with Crippen LogP contribution in [0.25, 0.3) is 0 Å². The highest BCUT2D eigenvalue weighted by atomic mass is 19.1. The molecule has 5 heteroatoms. The van der Waals surface area contributed by atoms with Crippen LogP contribution in [0.2, 0.25) is 0 Å². The van der Waals surface area contributed by atoms with Crippen LogP contribution < -0.4 is 9.64 Å². The summed E-state index contributed by atoms with van der Waals surface area (Å²) in [5.41, 5.74) is -0.593. The lowest BCUT2D eigenvalue weighted by Crippen LogP contribution is -2.44. The Morgan fingerprint density at radius 3 is 2.35 bits per heavy atom. The number of rotatable bonds is 4. The van der Waals surface area contributed by atoms with Gasteiger partial charge in [0.1, 0.15) is 5.82 Å². The molecule has 3 nitrogen and oxygen atoms in total. The maximum absolute atomic E-state index is 13.8. The summed E-state index contributed by atoms with van der Waals surface area (Å²) in [5.74, 6) is -1.36. The van der Waals surface area contributed by atoms with E-state index in [1.54, 1.807) is 20.9 Å². The molecule has 0 bridgehead atoms. The van der Waals surface area contributed by atoms with E-state index >= 15 is 0 Å². The zero-order valence-corrected chi connectivity index (χ0v) is 10.4. The van der Waals surface area contributed by atoms with Gasteiger partial charge in [-0.1, -0.05) is 0 Å². The third-order valence-corrected chi connectivity index (χ3v) is 2.88. The molecule has 0 saturated heterocycles. The van der Waals surface area contributed by atoms with E-state index in [2.05, 4.69) is 4.74 Å². The number of hydrogen-bond acceptors (Lipinski definition) is 3. The minimum absolute atomic E-state index is 0.0855. The first-order valence-electron chi connectivity index (χ1n) is 5.21. The molecule has 0 fully saturated rings. The number of nitrogens with zero attached hydrogens (tertiary/aromatic N) is 1. The van der Waals surface area contributed by atoms with Crippen molar-refractivity contribution < 1.29 is 18.6 Å². The van der Waals surface area contributed by atoms with E-state index in [4.69, 9.17) is 0 Å². The molecular formula is C12H17F2NO2. The molecule has 1 N–H and O–H groups in total. The molecule has 0 aliphatic carbocycles. The van der Waals surface area contributed by atoms with E-state index in [-0.39, 0.29) is 18.0 Å². The Morgan fingerprint density at radius 2 is 1.88 bits per heavy atom. The van der Waals surface area contributed by atoms with Crippen LogP contribution in [0.5, 0.6) is 5.75 Å². The van der Waals surface area contributed by atoms with Crippen molar-refractivity contribution in [3.8, 4) is 5.75 Å². The molecular weight excluding hydrogens is 228 g/mol. The van der Waals surface area contributed by atoms with E-state index < -0.39 is 17.2 Å². The van der Waals surface area contributed by atoms with Gasteiger partial charge in [0.2, 0.25) is 0 Å². The van der Waals surface area contributed by atoms with Gasteiger partial charge in [-0.15, -0.1) is 0 Å². The molecule has 0 unspecified atom stereocenters. The van der Waals surface area contributed by atoms with Crippen LogP contribution in [0.15, 0.2) is 12.1 Å². The van der Waals surface area contributed by atoms with Crippen LogP contribution in [0, 0.1) is 11.6 Å². The summed E-state index contributed by atoms with van der Waals surface area (Å²) < 4.78 is 32.0. The molecule has 96 valence electrons. The van der Waals surface area contributed by atoms with Crippen molar-refractivity contribution in [1.82, 2.24) is 0 Å². The van der Waals surface area contributed by atoms with E-state index in [1.165, 1.54) is 12.0 Å². The van der Waals surface area contributed by atoms with Crippen LogP contribution in [-0.2, 0) is 0 Å². The van der Waals surface area contributed by atoms with Crippen molar-refractivity contribution in [2.45, 2.75) is 19.4 Å².